The van der Waals surface area contributed by atoms with Gasteiger partial charge in [0.05, 0.1) is 27.2 Å². The van der Waals surface area contributed by atoms with Crippen LogP contribution in [0.4, 0.5) is 11.4 Å². The monoisotopic (exact) mass is 533 g/mol. The first-order valence-corrected chi connectivity index (χ1v) is 12.5. The van der Waals surface area contributed by atoms with Gasteiger partial charge in [0.25, 0.3) is 11.4 Å². The van der Waals surface area contributed by atoms with Crippen molar-refractivity contribution >= 4 is 28.4 Å². The Bertz CT molecular complexity index is 1530. The van der Waals surface area contributed by atoms with Crippen molar-refractivity contribution in [3.05, 3.63) is 163 Å². The van der Waals surface area contributed by atoms with Crippen molar-refractivity contribution in [2.45, 2.75) is 19.9 Å². The van der Waals surface area contributed by atoms with Crippen molar-refractivity contribution in [3.63, 3.8) is 0 Å². The predicted molar refractivity (Wildman–Crippen MR) is 155 cm³/mol. The summed E-state index contributed by atoms with van der Waals surface area (Å²) < 4.78 is 0. The molecule has 4 aromatic carbocycles. The zero-order chi connectivity index (χ0) is 28.6. The summed E-state index contributed by atoms with van der Waals surface area (Å²) in [6.07, 6.45) is 1.50. The van der Waals surface area contributed by atoms with Gasteiger partial charge in [-0.1, -0.05) is 66.2 Å². The molecule has 0 bridgehead atoms. The Balaban J connectivity index is 2.01. The molecule has 0 aliphatic rings. The number of nitro benzene ring substituents is 2. The second kappa shape index (κ2) is 12.4. The molecule has 4 aromatic rings. The summed E-state index contributed by atoms with van der Waals surface area (Å²) in [6.45, 7) is 3.61. The van der Waals surface area contributed by atoms with E-state index in [9.17, 15) is 25.0 Å². The molecule has 0 aromatic heterocycles. The SMILES string of the molecule is CC(C)=CC(=O)/C(=C(\NC(c1ccccc1)c1ccccc1)c1ccc([N+](=O)[O-])cc1)c1ccc([N+](=O)[O-])cc1. The third-order valence-electron chi connectivity index (χ3n) is 6.20. The maximum Gasteiger partial charge on any atom is 0.269 e. The number of hydrogen-bond acceptors (Lipinski definition) is 6. The molecule has 0 unspecified atom stereocenters. The first-order chi connectivity index (χ1) is 19.2. The molecule has 4 rings (SSSR count). The standard InChI is InChI=1S/C32H27N3O5/c1-22(2)21-29(36)30(23-13-17-27(18-14-23)34(37)38)32(26-15-19-28(20-16-26)35(39)40)33-31(24-9-5-3-6-10-24)25-11-7-4-8-12-25/h3-21,31,33H,1-2H3/b32-30-. The van der Waals surface area contributed by atoms with E-state index in [1.165, 1.54) is 42.5 Å². The summed E-state index contributed by atoms with van der Waals surface area (Å²) in [4.78, 5) is 35.5. The van der Waals surface area contributed by atoms with Gasteiger partial charge in [0.1, 0.15) is 0 Å². The fourth-order valence-electron chi connectivity index (χ4n) is 4.34. The van der Waals surface area contributed by atoms with Crippen LogP contribution in [0.15, 0.2) is 121 Å². The van der Waals surface area contributed by atoms with E-state index in [1.54, 1.807) is 26.0 Å². The van der Waals surface area contributed by atoms with Crippen LogP contribution in [-0.2, 0) is 4.79 Å². The lowest BCUT2D eigenvalue weighted by atomic mass is 9.92. The maximum absolute atomic E-state index is 13.8. The van der Waals surface area contributed by atoms with Crippen LogP contribution in [0, 0.1) is 20.2 Å². The normalized spacial score (nSPS) is 11.4. The number of nitrogens with one attached hydrogen (secondary N) is 1. The number of nitrogens with zero attached hydrogens (tertiary/aromatic N) is 2. The fourth-order valence-corrected chi connectivity index (χ4v) is 4.34. The van der Waals surface area contributed by atoms with E-state index in [0.29, 0.717) is 16.8 Å². The van der Waals surface area contributed by atoms with Crippen LogP contribution in [0.1, 0.15) is 42.1 Å². The van der Waals surface area contributed by atoms with Crippen LogP contribution in [0.3, 0.4) is 0 Å². The van der Waals surface area contributed by atoms with Crippen molar-refractivity contribution in [1.82, 2.24) is 5.32 Å². The quantitative estimate of drug-likeness (QED) is 0.0991. The van der Waals surface area contributed by atoms with Gasteiger partial charge in [0.2, 0.25) is 0 Å². The highest BCUT2D eigenvalue weighted by molar-refractivity contribution is 6.32. The van der Waals surface area contributed by atoms with E-state index in [-0.39, 0.29) is 28.8 Å². The molecule has 0 saturated carbocycles. The highest BCUT2D eigenvalue weighted by Gasteiger charge is 2.23. The van der Waals surface area contributed by atoms with E-state index in [0.717, 1.165) is 16.7 Å². The lowest BCUT2D eigenvalue weighted by molar-refractivity contribution is -0.385. The molecule has 40 heavy (non-hydrogen) atoms. The van der Waals surface area contributed by atoms with Gasteiger partial charge in [0, 0.05) is 24.3 Å². The minimum absolute atomic E-state index is 0.0849. The molecule has 0 heterocycles. The molecule has 0 fully saturated rings. The highest BCUT2D eigenvalue weighted by atomic mass is 16.6. The molecule has 200 valence electrons. The minimum atomic E-state index is -0.499. The second-order valence-electron chi connectivity index (χ2n) is 9.34. The number of benzene rings is 4. The molecule has 1 N–H and O–H groups in total. The molecular weight excluding hydrogens is 506 g/mol. The summed E-state index contributed by atoms with van der Waals surface area (Å²) in [7, 11) is 0. The Morgan fingerprint density at radius 1 is 0.675 bits per heavy atom. The number of allylic oxidation sites excluding steroid dienone is 3. The first kappa shape index (κ1) is 27.7. The molecular formula is C32H27N3O5. The maximum atomic E-state index is 13.8. The Kier molecular flexibility index (Phi) is 8.61. The van der Waals surface area contributed by atoms with Crippen LogP contribution in [0.2, 0.25) is 0 Å². The molecule has 8 nitrogen and oxygen atoms in total. The summed E-state index contributed by atoms with van der Waals surface area (Å²) in [5, 5.41) is 26.2. The molecule has 8 heteroatoms. The first-order valence-electron chi connectivity index (χ1n) is 12.5. The number of nitro groups is 2. The summed E-state index contributed by atoms with van der Waals surface area (Å²) >= 11 is 0. The second-order valence-corrected chi connectivity index (χ2v) is 9.34. The molecule has 0 amide bonds. The van der Waals surface area contributed by atoms with Crippen molar-refractivity contribution < 1.29 is 14.6 Å². The van der Waals surface area contributed by atoms with E-state index in [2.05, 4.69) is 5.32 Å². The van der Waals surface area contributed by atoms with Crippen LogP contribution >= 0.6 is 0 Å². The Morgan fingerprint density at radius 2 is 1.10 bits per heavy atom. The van der Waals surface area contributed by atoms with E-state index >= 15 is 0 Å². The Hall–Kier alpha value is -5.37. The van der Waals surface area contributed by atoms with Crippen LogP contribution < -0.4 is 5.32 Å². The smallest absolute Gasteiger partial charge is 0.269 e. The molecule has 0 aliphatic carbocycles. The van der Waals surface area contributed by atoms with Gasteiger partial charge >= 0.3 is 0 Å². The summed E-state index contributed by atoms with van der Waals surface area (Å²) in [5.41, 5.74) is 4.19. The summed E-state index contributed by atoms with van der Waals surface area (Å²) in [5.74, 6) is -0.311. The van der Waals surface area contributed by atoms with Gasteiger partial charge in [0.15, 0.2) is 5.78 Å². The van der Waals surface area contributed by atoms with Gasteiger partial charge in [-0.05, 0) is 66.4 Å². The van der Waals surface area contributed by atoms with Gasteiger partial charge < -0.3 is 5.32 Å². The number of rotatable bonds is 10. The zero-order valence-electron chi connectivity index (χ0n) is 22.0. The van der Waals surface area contributed by atoms with Gasteiger partial charge in [-0.3, -0.25) is 25.0 Å². The fraction of sp³-hybridized carbons (Fsp3) is 0.0938. The highest BCUT2D eigenvalue weighted by Crippen LogP contribution is 2.33. The van der Waals surface area contributed by atoms with Crippen LogP contribution in [-0.4, -0.2) is 15.6 Å². The van der Waals surface area contributed by atoms with Crippen molar-refractivity contribution in [1.29, 1.82) is 0 Å². The Morgan fingerprint density at radius 3 is 1.50 bits per heavy atom. The van der Waals surface area contributed by atoms with Crippen molar-refractivity contribution in [2.24, 2.45) is 0 Å². The average Bonchev–Trinajstić information content (AvgIpc) is 2.96. The number of carbonyl (C=O) groups excluding carboxylic acids is 1. The van der Waals surface area contributed by atoms with Crippen LogP contribution in [0.25, 0.3) is 11.3 Å². The third-order valence-corrected chi connectivity index (χ3v) is 6.20. The zero-order valence-corrected chi connectivity index (χ0v) is 22.0. The minimum Gasteiger partial charge on any atom is -0.373 e. The third kappa shape index (κ3) is 6.54. The van der Waals surface area contributed by atoms with E-state index < -0.39 is 9.85 Å². The van der Waals surface area contributed by atoms with Gasteiger partial charge in [-0.15, -0.1) is 0 Å². The lowest BCUT2D eigenvalue weighted by Crippen LogP contribution is -2.23. The number of non-ortho nitro benzene ring substituents is 2. The predicted octanol–water partition coefficient (Wildman–Crippen LogP) is 7.29. The average molecular weight is 534 g/mol. The van der Waals surface area contributed by atoms with E-state index in [1.807, 2.05) is 60.7 Å². The topological polar surface area (TPSA) is 115 Å². The number of carbonyl (C=O) groups is 1. The van der Waals surface area contributed by atoms with Gasteiger partial charge in [-0.25, -0.2) is 0 Å². The number of hydrogen-bond donors (Lipinski definition) is 1. The van der Waals surface area contributed by atoms with Gasteiger partial charge in [-0.2, -0.15) is 0 Å². The Labute approximate surface area is 231 Å². The van der Waals surface area contributed by atoms with Crippen molar-refractivity contribution in [3.8, 4) is 0 Å². The summed E-state index contributed by atoms with van der Waals surface area (Å²) in [6, 6.07) is 30.8. The van der Waals surface area contributed by atoms with E-state index in [4.69, 9.17) is 0 Å². The lowest BCUT2D eigenvalue weighted by Gasteiger charge is -2.25. The largest absolute Gasteiger partial charge is 0.373 e. The van der Waals surface area contributed by atoms with Crippen molar-refractivity contribution in [2.75, 3.05) is 0 Å². The molecule has 0 spiro atoms. The molecule has 0 radical (unpaired) electrons. The number of ketones is 1. The van der Waals surface area contributed by atoms with Crippen LogP contribution in [0.5, 0.6) is 0 Å². The molecule has 0 saturated heterocycles. The molecule has 0 atom stereocenters. The molecule has 0 aliphatic heterocycles.